The zero-order valence-electron chi connectivity index (χ0n) is 18.6. The normalized spacial score (nSPS) is 16.5. The van der Waals surface area contributed by atoms with Gasteiger partial charge in [0.1, 0.15) is 5.75 Å². The minimum absolute atomic E-state index is 0.0430. The fourth-order valence-corrected chi connectivity index (χ4v) is 4.19. The summed E-state index contributed by atoms with van der Waals surface area (Å²) in [5.41, 5.74) is 3.11. The number of carbonyl (C=O) groups excluding carboxylic acids is 2. The van der Waals surface area contributed by atoms with Crippen LogP contribution < -0.4 is 9.64 Å². The number of anilines is 1. The van der Waals surface area contributed by atoms with E-state index in [1.165, 1.54) is 5.01 Å². The van der Waals surface area contributed by atoms with E-state index in [4.69, 9.17) is 4.74 Å². The summed E-state index contributed by atoms with van der Waals surface area (Å²) in [6.07, 6.45) is 2.08. The van der Waals surface area contributed by atoms with Gasteiger partial charge < -0.3 is 14.5 Å². The smallest absolute Gasteiger partial charge is 0.243 e. The largest absolute Gasteiger partial charge is 0.497 e. The molecule has 0 saturated carbocycles. The highest BCUT2D eigenvalue weighted by Gasteiger charge is 2.24. The van der Waals surface area contributed by atoms with E-state index in [9.17, 15) is 9.59 Å². The Balaban J connectivity index is 1.26. The molecule has 0 bridgehead atoms. The molecule has 1 fully saturated rings. The van der Waals surface area contributed by atoms with E-state index in [1.807, 2.05) is 47.4 Å². The summed E-state index contributed by atoms with van der Waals surface area (Å²) < 4.78 is 5.23. The fraction of sp³-hybridized carbons (Fsp3) is 0.400. The molecule has 7 nitrogen and oxygen atoms in total. The Hall–Kier alpha value is -3.35. The van der Waals surface area contributed by atoms with Crippen molar-refractivity contribution in [2.45, 2.75) is 25.7 Å². The minimum Gasteiger partial charge on any atom is -0.497 e. The Bertz CT molecular complexity index is 959. The molecule has 4 rings (SSSR count). The van der Waals surface area contributed by atoms with Gasteiger partial charge in [-0.2, -0.15) is 5.10 Å². The molecule has 0 unspecified atom stereocenters. The Kier molecular flexibility index (Phi) is 7.04. The monoisotopic (exact) mass is 434 g/mol. The van der Waals surface area contributed by atoms with E-state index in [1.54, 1.807) is 7.11 Å². The van der Waals surface area contributed by atoms with Crippen LogP contribution in [-0.4, -0.2) is 67.3 Å². The van der Waals surface area contributed by atoms with Gasteiger partial charge in [0.05, 0.1) is 19.4 Å². The van der Waals surface area contributed by atoms with Crippen molar-refractivity contribution in [3.63, 3.8) is 0 Å². The molecule has 1 saturated heterocycles. The molecule has 2 aromatic rings. The van der Waals surface area contributed by atoms with Gasteiger partial charge >= 0.3 is 0 Å². The molecule has 32 heavy (non-hydrogen) atoms. The molecule has 2 aliphatic heterocycles. The summed E-state index contributed by atoms with van der Waals surface area (Å²) in [7, 11) is 1.66. The predicted molar refractivity (Wildman–Crippen MR) is 125 cm³/mol. The fourth-order valence-electron chi connectivity index (χ4n) is 4.19. The zero-order chi connectivity index (χ0) is 22.3. The van der Waals surface area contributed by atoms with Crippen LogP contribution in [0.15, 0.2) is 59.7 Å². The maximum absolute atomic E-state index is 12.8. The maximum Gasteiger partial charge on any atom is 0.243 e. The average Bonchev–Trinajstić information content (AvgIpc) is 3.21. The van der Waals surface area contributed by atoms with Gasteiger partial charge in [-0.15, -0.1) is 0 Å². The average molecular weight is 435 g/mol. The minimum atomic E-state index is -0.0843. The lowest BCUT2D eigenvalue weighted by molar-refractivity contribution is -0.136. The molecule has 2 heterocycles. The van der Waals surface area contributed by atoms with Gasteiger partial charge in [0.25, 0.3) is 0 Å². The summed E-state index contributed by atoms with van der Waals surface area (Å²) in [6, 6.07) is 17.9. The molecule has 2 aromatic carbocycles. The van der Waals surface area contributed by atoms with Gasteiger partial charge in [-0.05, 0) is 36.2 Å². The van der Waals surface area contributed by atoms with E-state index in [-0.39, 0.29) is 24.7 Å². The molecule has 7 heteroatoms. The molecule has 0 radical (unpaired) electrons. The van der Waals surface area contributed by atoms with E-state index in [0.717, 1.165) is 55.2 Å². The van der Waals surface area contributed by atoms with Crippen molar-refractivity contribution in [2.75, 3.05) is 44.7 Å². The van der Waals surface area contributed by atoms with Gasteiger partial charge in [-0.1, -0.05) is 30.3 Å². The van der Waals surface area contributed by atoms with Crippen molar-refractivity contribution in [1.29, 1.82) is 0 Å². The third kappa shape index (κ3) is 5.28. The lowest BCUT2D eigenvalue weighted by atomic mass is 10.1. The zero-order valence-corrected chi connectivity index (χ0v) is 18.6. The SMILES string of the molecule is COc1ccc(N2CCCN(C(=O)CCC(=O)N3CCC(c4ccccc4)=N3)CC2)cc1. The quantitative estimate of drug-likeness (QED) is 0.701. The van der Waals surface area contributed by atoms with E-state index >= 15 is 0 Å². The summed E-state index contributed by atoms with van der Waals surface area (Å²) in [5, 5.41) is 6.00. The molecule has 2 aliphatic rings. The van der Waals surface area contributed by atoms with Gasteiger partial charge in [0.2, 0.25) is 11.8 Å². The number of carbonyl (C=O) groups is 2. The first-order chi connectivity index (χ1) is 15.6. The van der Waals surface area contributed by atoms with Crippen LogP contribution in [0.25, 0.3) is 0 Å². The lowest BCUT2D eigenvalue weighted by Crippen LogP contribution is -2.36. The first-order valence-corrected chi connectivity index (χ1v) is 11.2. The number of nitrogens with zero attached hydrogens (tertiary/aromatic N) is 4. The Morgan fingerprint density at radius 2 is 1.62 bits per heavy atom. The van der Waals surface area contributed by atoms with Gasteiger partial charge in [-0.25, -0.2) is 5.01 Å². The molecule has 0 spiro atoms. The summed E-state index contributed by atoms with van der Waals surface area (Å²) in [4.78, 5) is 29.5. The van der Waals surface area contributed by atoms with Crippen molar-refractivity contribution in [1.82, 2.24) is 9.91 Å². The van der Waals surface area contributed by atoms with Gasteiger partial charge in [0.15, 0.2) is 0 Å². The number of hydrogen-bond donors (Lipinski definition) is 0. The second kappa shape index (κ2) is 10.3. The number of hydrazone groups is 1. The number of benzene rings is 2. The molecular formula is C25H30N4O3. The lowest BCUT2D eigenvalue weighted by Gasteiger charge is -2.24. The van der Waals surface area contributed by atoms with Crippen molar-refractivity contribution in [3.8, 4) is 5.75 Å². The van der Waals surface area contributed by atoms with Gasteiger partial charge in [0, 0.05) is 51.1 Å². The van der Waals surface area contributed by atoms with Crippen LogP contribution >= 0.6 is 0 Å². The number of methoxy groups -OCH3 is 1. The van der Waals surface area contributed by atoms with Crippen LogP contribution in [0.2, 0.25) is 0 Å². The van der Waals surface area contributed by atoms with Crippen molar-refractivity contribution in [3.05, 3.63) is 60.2 Å². The second-order valence-corrected chi connectivity index (χ2v) is 8.10. The molecule has 0 atom stereocenters. The number of hydrogen-bond acceptors (Lipinski definition) is 5. The molecule has 0 aliphatic carbocycles. The Labute approximate surface area is 189 Å². The Morgan fingerprint density at radius 3 is 2.38 bits per heavy atom. The highest BCUT2D eigenvalue weighted by atomic mass is 16.5. The standard InChI is InChI=1S/C25H30N4O3/c1-32-22-10-8-21(9-11-22)27-15-5-16-28(19-18-27)24(30)12-13-25(31)29-17-14-23(26-29)20-6-3-2-4-7-20/h2-4,6-11H,5,12-19H2,1H3. The molecule has 168 valence electrons. The molecule has 2 amide bonds. The summed E-state index contributed by atoms with van der Waals surface area (Å²) >= 11 is 0. The number of rotatable bonds is 6. The highest BCUT2D eigenvalue weighted by molar-refractivity contribution is 6.02. The van der Waals surface area contributed by atoms with Crippen molar-refractivity contribution < 1.29 is 14.3 Å². The van der Waals surface area contributed by atoms with Crippen LogP contribution in [0.1, 0.15) is 31.2 Å². The highest BCUT2D eigenvalue weighted by Crippen LogP contribution is 2.21. The molecular weight excluding hydrogens is 404 g/mol. The first kappa shape index (κ1) is 21.9. The second-order valence-electron chi connectivity index (χ2n) is 8.10. The summed E-state index contributed by atoms with van der Waals surface area (Å²) in [6.45, 7) is 3.65. The van der Waals surface area contributed by atoms with Crippen molar-refractivity contribution >= 4 is 23.2 Å². The first-order valence-electron chi connectivity index (χ1n) is 11.2. The van der Waals surface area contributed by atoms with Crippen LogP contribution in [0.3, 0.4) is 0 Å². The molecule has 0 aromatic heterocycles. The van der Waals surface area contributed by atoms with Crippen LogP contribution in [0.4, 0.5) is 5.69 Å². The Morgan fingerprint density at radius 1 is 0.875 bits per heavy atom. The predicted octanol–water partition coefficient (Wildman–Crippen LogP) is 3.15. The van der Waals surface area contributed by atoms with Crippen LogP contribution in [-0.2, 0) is 9.59 Å². The third-order valence-corrected chi connectivity index (χ3v) is 6.04. The third-order valence-electron chi connectivity index (χ3n) is 6.04. The number of amides is 2. The van der Waals surface area contributed by atoms with E-state index in [0.29, 0.717) is 13.1 Å². The van der Waals surface area contributed by atoms with E-state index < -0.39 is 0 Å². The number of ether oxygens (including phenoxy) is 1. The van der Waals surface area contributed by atoms with Crippen LogP contribution in [0, 0.1) is 0 Å². The topological polar surface area (TPSA) is 65.5 Å². The van der Waals surface area contributed by atoms with Gasteiger partial charge in [-0.3, -0.25) is 9.59 Å². The molecule has 0 N–H and O–H groups in total. The van der Waals surface area contributed by atoms with Crippen LogP contribution in [0.5, 0.6) is 5.75 Å². The maximum atomic E-state index is 12.8. The summed E-state index contributed by atoms with van der Waals surface area (Å²) in [5.74, 6) is 0.795. The van der Waals surface area contributed by atoms with Crippen molar-refractivity contribution in [2.24, 2.45) is 5.10 Å². The van der Waals surface area contributed by atoms with E-state index in [2.05, 4.69) is 22.1 Å².